The SMILES string of the molecule is CCCn1ncc(OC)c1C1CCC(O)C1. The quantitative estimate of drug-likeness (QED) is 0.850. The number of methoxy groups -OCH3 is 1. The molecule has 1 aliphatic rings. The molecule has 1 aliphatic carbocycles. The summed E-state index contributed by atoms with van der Waals surface area (Å²) < 4.78 is 7.38. The van der Waals surface area contributed by atoms with Gasteiger partial charge in [-0.2, -0.15) is 5.10 Å². The minimum absolute atomic E-state index is 0.153. The van der Waals surface area contributed by atoms with Crippen molar-refractivity contribution in [3.63, 3.8) is 0 Å². The third-order valence-corrected chi connectivity index (χ3v) is 3.29. The summed E-state index contributed by atoms with van der Waals surface area (Å²) in [6.07, 6.45) is 5.46. The summed E-state index contributed by atoms with van der Waals surface area (Å²) in [5.41, 5.74) is 1.17. The van der Waals surface area contributed by atoms with Gasteiger partial charge in [0.15, 0.2) is 5.75 Å². The topological polar surface area (TPSA) is 47.3 Å². The normalized spacial score (nSPS) is 24.9. The van der Waals surface area contributed by atoms with Crippen molar-refractivity contribution >= 4 is 0 Å². The van der Waals surface area contributed by atoms with Crippen LogP contribution in [0.25, 0.3) is 0 Å². The van der Waals surface area contributed by atoms with E-state index in [1.807, 2.05) is 4.68 Å². The molecule has 90 valence electrons. The second-order valence-electron chi connectivity index (χ2n) is 4.49. The zero-order valence-corrected chi connectivity index (χ0v) is 10.0. The van der Waals surface area contributed by atoms with Gasteiger partial charge >= 0.3 is 0 Å². The Bertz CT molecular complexity index is 349. The number of aromatic nitrogens is 2. The maximum Gasteiger partial charge on any atom is 0.160 e. The van der Waals surface area contributed by atoms with E-state index in [-0.39, 0.29) is 6.10 Å². The van der Waals surface area contributed by atoms with Crippen LogP contribution in [0.1, 0.15) is 44.2 Å². The average molecular weight is 224 g/mol. The summed E-state index contributed by atoms with van der Waals surface area (Å²) in [4.78, 5) is 0. The summed E-state index contributed by atoms with van der Waals surface area (Å²) in [6, 6.07) is 0. The van der Waals surface area contributed by atoms with Crippen LogP contribution in [0.5, 0.6) is 5.75 Å². The van der Waals surface area contributed by atoms with Crippen LogP contribution in [0.4, 0.5) is 0 Å². The van der Waals surface area contributed by atoms with Crippen molar-refractivity contribution in [1.82, 2.24) is 9.78 Å². The van der Waals surface area contributed by atoms with Crippen molar-refractivity contribution in [2.45, 2.75) is 51.2 Å². The van der Waals surface area contributed by atoms with Crippen molar-refractivity contribution < 1.29 is 9.84 Å². The number of aliphatic hydroxyl groups is 1. The fourth-order valence-electron chi connectivity index (χ4n) is 2.54. The van der Waals surface area contributed by atoms with Gasteiger partial charge in [-0.05, 0) is 25.7 Å². The minimum atomic E-state index is -0.153. The van der Waals surface area contributed by atoms with Crippen LogP contribution in [-0.2, 0) is 6.54 Å². The Morgan fingerprint density at radius 3 is 2.94 bits per heavy atom. The lowest BCUT2D eigenvalue weighted by Gasteiger charge is -2.14. The molecule has 0 amide bonds. The molecule has 2 atom stereocenters. The molecule has 1 heterocycles. The molecule has 1 N–H and O–H groups in total. The van der Waals surface area contributed by atoms with Crippen LogP contribution >= 0.6 is 0 Å². The van der Waals surface area contributed by atoms with Crippen LogP contribution in [0, 0.1) is 0 Å². The zero-order valence-electron chi connectivity index (χ0n) is 10.0. The fourth-order valence-corrected chi connectivity index (χ4v) is 2.54. The number of aliphatic hydroxyl groups excluding tert-OH is 1. The number of ether oxygens (including phenoxy) is 1. The number of hydrogen-bond acceptors (Lipinski definition) is 3. The highest BCUT2D eigenvalue weighted by molar-refractivity contribution is 5.29. The third kappa shape index (κ3) is 2.07. The van der Waals surface area contributed by atoms with Gasteiger partial charge in [-0.15, -0.1) is 0 Å². The molecule has 4 nitrogen and oxygen atoms in total. The molecule has 1 saturated carbocycles. The summed E-state index contributed by atoms with van der Waals surface area (Å²) >= 11 is 0. The van der Waals surface area contributed by atoms with Crippen LogP contribution < -0.4 is 4.74 Å². The van der Waals surface area contributed by atoms with Gasteiger partial charge < -0.3 is 9.84 Å². The maximum absolute atomic E-state index is 9.61. The summed E-state index contributed by atoms with van der Waals surface area (Å²) in [7, 11) is 1.68. The highest BCUT2D eigenvalue weighted by Gasteiger charge is 2.29. The van der Waals surface area contributed by atoms with Gasteiger partial charge in [-0.1, -0.05) is 6.92 Å². The standard InChI is InChI=1S/C12H20N2O2/c1-3-6-14-12(11(16-2)8-13-14)9-4-5-10(15)7-9/h8-10,15H,3-7H2,1-2H3. The van der Waals surface area contributed by atoms with E-state index in [4.69, 9.17) is 4.74 Å². The second-order valence-corrected chi connectivity index (χ2v) is 4.49. The molecular formula is C12H20N2O2. The highest BCUT2D eigenvalue weighted by Crippen LogP contribution is 2.38. The summed E-state index contributed by atoms with van der Waals surface area (Å²) in [6.45, 7) is 3.06. The summed E-state index contributed by atoms with van der Waals surface area (Å²) in [5, 5.41) is 14.0. The predicted octanol–water partition coefficient (Wildman–Crippen LogP) is 1.93. The van der Waals surface area contributed by atoms with Gasteiger partial charge in [0.25, 0.3) is 0 Å². The van der Waals surface area contributed by atoms with Gasteiger partial charge in [0.1, 0.15) is 0 Å². The Morgan fingerprint density at radius 1 is 1.56 bits per heavy atom. The predicted molar refractivity (Wildman–Crippen MR) is 61.7 cm³/mol. The fraction of sp³-hybridized carbons (Fsp3) is 0.750. The van der Waals surface area contributed by atoms with E-state index in [9.17, 15) is 5.11 Å². The van der Waals surface area contributed by atoms with Gasteiger partial charge in [0.2, 0.25) is 0 Å². The number of hydrogen-bond donors (Lipinski definition) is 1. The van der Waals surface area contributed by atoms with E-state index in [1.54, 1.807) is 13.3 Å². The van der Waals surface area contributed by atoms with E-state index in [0.29, 0.717) is 5.92 Å². The molecule has 0 spiro atoms. The molecule has 2 unspecified atom stereocenters. The van der Waals surface area contributed by atoms with Gasteiger partial charge in [0.05, 0.1) is 25.1 Å². The molecule has 2 rings (SSSR count). The number of aryl methyl sites for hydroxylation is 1. The van der Waals surface area contributed by atoms with Crippen molar-refractivity contribution in [3.05, 3.63) is 11.9 Å². The Kier molecular flexibility index (Phi) is 3.49. The van der Waals surface area contributed by atoms with Gasteiger partial charge in [-0.25, -0.2) is 0 Å². The lowest BCUT2D eigenvalue weighted by molar-refractivity contribution is 0.180. The minimum Gasteiger partial charge on any atom is -0.493 e. The first-order chi connectivity index (χ1) is 7.76. The monoisotopic (exact) mass is 224 g/mol. The maximum atomic E-state index is 9.61. The number of rotatable bonds is 4. The Labute approximate surface area is 96.2 Å². The first kappa shape index (κ1) is 11.5. The van der Waals surface area contributed by atoms with E-state index >= 15 is 0 Å². The molecule has 1 aromatic heterocycles. The molecule has 4 heteroatoms. The Hall–Kier alpha value is -1.03. The first-order valence-corrected chi connectivity index (χ1v) is 6.04. The molecule has 0 aromatic carbocycles. The molecule has 16 heavy (non-hydrogen) atoms. The second kappa shape index (κ2) is 4.87. The van der Waals surface area contributed by atoms with Crippen molar-refractivity contribution in [3.8, 4) is 5.75 Å². The smallest absolute Gasteiger partial charge is 0.160 e. The lowest BCUT2D eigenvalue weighted by atomic mass is 10.0. The summed E-state index contributed by atoms with van der Waals surface area (Å²) in [5.74, 6) is 1.27. The lowest BCUT2D eigenvalue weighted by Crippen LogP contribution is -2.09. The van der Waals surface area contributed by atoms with Crippen molar-refractivity contribution in [1.29, 1.82) is 0 Å². The molecular weight excluding hydrogens is 204 g/mol. The average Bonchev–Trinajstić information content (AvgIpc) is 2.85. The van der Waals surface area contributed by atoms with E-state index in [1.165, 1.54) is 5.69 Å². The zero-order chi connectivity index (χ0) is 11.5. The first-order valence-electron chi connectivity index (χ1n) is 6.04. The Morgan fingerprint density at radius 2 is 2.38 bits per heavy atom. The Balaban J connectivity index is 2.25. The van der Waals surface area contributed by atoms with Gasteiger partial charge in [0, 0.05) is 12.5 Å². The van der Waals surface area contributed by atoms with Crippen molar-refractivity contribution in [2.24, 2.45) is 0 Å². The van der Waals surface area contributed by atoms with Crippen molar-refractivity contribution in [2.75, 3.05) is 7.11 Å². The molecule has 1 fully saturated rings. The van der Waals surface area contributed by atoms with Crippen LogP contribution in [0.2, 0.25) is 0 Å². The van der Waals surface area contributed by atoms with E-state index in [2.05, 4.69) is 12.0 Å². The molecule has 0 radical (unpaired) electrons. The molecule has 0 bridgehead atoms. The molecule has 1 aromatic rings. The number of nitrogens with zero attached hydrogens (tertiary/aromatic N) is 2. The van der Waals surface area contributed by atoms with Crippen LogP contribution in [0.3, 0.4) is 0 Å². The highest BCUT2D eigenvalue weighted by atomic mass is 16.5. The third-order valence-electron chi connectivity index (χ3n) is 3.29. The van der Waals surface area contributed by atoms with E-state index in [0.717, 1.165) is 38.0 Å². The molecule has 0 saturated heterocycles. The largest absolute Gasteiger partial charge is 0.493 e. The van der Waals surface area contributed by atoms with Gasteiger partial charge in [-0.3, -0.25) is 4.68 Å². The van der Waals surface area contributed by atoms with E-state index < -0.39 is 0 Å². The van der Waals surface area contributed by atoms with Crippen LogP contribution in [-0.4, -0.2) is 28.1 Å². The molecule has 0 aliphatic heterocycles. The van der Waals surface area contributed by atoms with Crippen LogP contribution in [0.15, 0.2) is 6.20 Å².